The Morgan fingerprint density at radius 3 is 0.683 bits per heavy atom. The number of likely N-dealkylation sites (N-methyl/N-ethyl adjacent to an activating group) is 2. The van der Waals surface area contributed by atoms with Crippen LogP contribution in [-0.4, -0.2) is 148 Å². The van der Waals surface area contributed by atoms with Gasteiger partial charge in [-0.05, 0) is 143 Å². The molecule has 5 aliphatic rings. The van der Waals surface area contributed by atoms with Gasteiger partial charge in [-0.2, -0.15) is 0 Å². The van der Waals surface area contributed by atoms with Gasteiger partial charge >= 0.3 is 0 Å². The first-order valence-electron chi connectivity index (χ1n) is 17.9. The molecule has 5 saturated heterocycles. The second-order valence-corrected chi connectivity index (χ2v) is 12.4. The molecule has 5 aliphatic heterocycles. The molecule has 0 atom stereocenters. The Morgan fingerprint density at radius 1 is 0.293 bits per heavy atom. The van der Waals surface area contributed by atoms with Crippen LogP contribution < -0.4 is 0 Å². The summed E-state index contributed by atoms with van der Waals surface area (Å²) in [6.07, 6.45) is 15.8. The number of piperazine rings is 1. The van der Waals surface area contributed by atoms with E-state index in [0.29, 0.717) is 0 Å². The molecule has 0 unspecified atom stereocenters. The molecule has 6 nitrogen and oxygen atoms in total. The molecule has 5 heterocycles. The van der Waals surface area contributed by atoms with Gasteiger partial charge in [-0.1, -0.05) is 61.3 Å². The van der Waals surface area contributed by atoms with Crippen LogP contribution in [0.3, 0.4) is 0 Å². The highest BCUT2D eigenvalue weighted by Gasteiger charge is 2.11. The predicted octanol–water partition coefficient (Wildman–Crippen LogP) is 6.47. The second kappa shape index (κ2) is 28.5. The number of hydrogen-bond acceptors (Lipinski definition) is 6. The number of piperidine rings is 3. The van der Waals surface area contributed by atoms with Gasteiger partial charge in [0.05, 0.1) is 0 Å². The quantitative estimate of drug-likeness (QED) is 0.368. The maximum Gasteiger partial charge on any atom is 0.0110 e. The van der Waals surface area contributed by atoms with Crippen molar-refractivity contribution >= 4 is 0 Å². The fraction of sp³-hybridized carbons (Fsp3) is 1.00. The first kappa shape index (κ1) is 40.8. The molecule has 0 bridgehead atoms. The SMILES string of the molecule is C.CCN1CCCC1.CCN1CCCCC1.CCN1CCCCC1.CCN1CCCCC1.CCN1CCN(C)CC1. The van der Waals surface area contributed by atoms with Gasteiger partial charge in [0.25, 0.3) is 0 Å². The van der Waals surface area contributed by atoms with Crippen molar-refractivity contribution in [1.29, 1.82) is 0 Å². The predicted molar refractivity (Wildman–Crippen MR) is 186 cm³/mol. The van der Waals surface area contributed by atoms with Crippen LogP contribution in [0.1, 0.15) is 113 Å². The minimum absolute atomic E-state index is 0. The van der Waals surface area contributed by atoms with Crippen LogP contribution in [0.25, 0.3) is 0 Å². The Bertz CT molecular complexity index is 458. The van der Waals surface area contributed by atoms with Gasteiger partial charge in [0, 0.05) is 26.2 Å². The Hall–Kier alpha value is -0.240. The first-order chi connectivity index (χ1) is 19.6. The Labute approximate surface area is 260 Å². The first-order valence-corrected chi connectivity index (χ1v) is 17.9. The van der Waals surface area contributed by atoms with Crippen molar-refractivity contribution in [1.82, 2.24) is 29.4 Å². The summed E-state index contributed by atoms with van der Waals surface area (Å²) in [4.78, 5) is 14.9. The van der Waals surface area contributed by atoms with Crippen molar-refractivity contribution in [3.05, 3.63) is 0 Å². The van der Waals surface area contributed by atoms with Crippen molar-refractivity contribution < 1.29 is 0 Å². The fourth-order valence-corrected chi connectivity index (χ4v) is 6.09. The average Bonchev–Trinajstić information content (AvgIpc) is 3.58. The van der Waals surface area contributed by atoms with E-state index in [-0.39, 0.29) is 7.43 Å². The normalized spacial score (nSPS) is 23.3. The number of nitrogens with zero attached hydrogens (tertiary/aromatic N) is 6. The number of likely N-dealkylation sites (tertiary alicyclic amines) is 4. The van der Waals surface area contributed by atoms with E-state index >= 15 is 0 Å². The van der Waals surface area contributed by atoms with Gasteiger partial charge in [-0.15, -0.1) is 0 Å². The van der Waals surface area contributed by atoms with E-state index in [1.54, 1.807) is 0 Å². The van der Waals surface area contributed by atoms with Crippen LogP contribution >= 0.6 is 0 Å². The van der Waals surface area contributed by atoms with Gasteiger partial charge in [-0.3, -0.25) is 0 Å². The molecule has 0 aliphatic carbocycles. The largest absolute Gasteiger partial charge is 0.304 e. The summed E-state index contributed by atoms with van der Waals surface area (Å²) in [5, 5.41) is 0. The molecule has 41 heavy (non-hydrogen) atoms. The monoisotopic (exact) mass is 583 g/mol. The standard InChI is InChI=1S/C7H16N2.3C7H15N.C6H13N.CH4/c1-3-9-6-4-8(2)5-7-9;3*1-2-8-6-4-3-5-7-8;1-2-7-5-3-4-6-7;/h3-7H2,1-2H3;3*2-7H2,1H3;2-6H2,1H3;1H4. The van der Waals surface area contributed by atoms with E-state index in [9.17, 15) is 0 Å². The summed E-state index contributed by atoms with van der Waals surface area (Å²) in [5.41, 5.74) is 0. The maximum absolute atomic E-state index is 2.52. The van der Waals surface area contributed by atoms with E-state index in [4.69, 9.17) is 0 Å². The number of rotatable bonds is 5. The molecule has 6 heteroatoms. The Kier molecular flexibility index (Phi) is 28.4. The van der Waals surface area contributed by atoms with E-state index in [1.165, 1.54) is 182 Å². The lowest BCUT2D eigenvalue weighted by Crippen LogP contribution is -2.44. The van der Waals surface area contributed by atoms with Crippen LogP contribution in [0.4, 0.5) is 0 Å². The van der Waals surface area contributed by atoms with E-state index in [0.717, 1.165) is 0 Å². The molecule has 0 aromatic heterocycles. The molecule has 248 valence electrons. The molecule has 0 spiro atoms. The van der Waals surface area contributed by atoms with Gasteiger partial charge in [0.2, 0.25) is 0 Å². The van der Waals surface area contributed by atoms with Crippen LogP contribution in [0.2, 0.25) is 0 Å². The molecule has 5 fully saturated rings. The third-order valence-electron chi connectivity index (χ3n) is 9.38. The minimum atomic E-state index is 0. The number of hydrogen-bond donors (Lipinski definition) is 0. The van der Waals surface area contributed by atoms with Crippen molar-refractivity contribution in [3.63, 3.8) is 0 Å². The highest BCUT2D eigenvalue weighted by Crippen LogP contribution is 2.08. The molecule has 0 saturated carbocycles. The topological polar surface area (TPSA) is 19.4 Å². The molecule has 0 aromatic rings. The molecule has 5 rings (SSSR count). The molecule has 0 N–H and O–H groups in total. The summed E-state index contributed by atoms with van der Waals surface area (Å²) in [6.45, 7) is 33.1. The minimum Gasteiger partial charge on any atom is -0.304 e. The van der Waals surface area contributed by atoms with E-state index < -0.39 is 0 Å². The van der Waals surface area contributed by atoms with Crippen molar-refractivity contribution in [2.24, 2.45) is 0 Å². The summed E-state index contributed by atoms with van der Waals surface area (Å²) in [7, 11) is 2.19. The van der Waals surface area contributed by atoms with Gasteiger partial charge in [-0.25, -0.2) is 0 Å². The van der Waals surface area contributed by atoms with Gasteiger partial charge in [0.1, 0.15) is 0 Å². The smallest absolute Gasteiger partial charge is 0.0110 e. The lowest BCUT2D eigenvalue weighted by molar-refractivity contribution is 0.160. The third kappa shape index (κ3) is 22.0. The summed E-state index contributed by atoms with van der Waals surface area (Å²) in [5.74, 6) is 0. The lowest BCUT2D eigenvalue weighted by Gasteiger charge is -2.31. The highest BCUT2D eigenvalue weighted by atomic mass is 15.2. The van der Waals surface area contributed by atoms with Crippen LogP contribution in [-0.2, 0) is 0 Å². The Balaban J connectivity index is 0.000000486. The summed E-state index contributed by atoms with van der Waals surface area (Å²) >= 11 is 0. The molecular weight excluding hydrogens is 504 g/mol. The lowest BCUT2D eigenvalue weighted by atomic mass is 10.1. The zero-order chi connectivity index (χ0) is 29.3. The zero-order valence-electron chi connectivity index (χ0n) is 28.5. The maximum atomic E-state index is 2.52. The van der Waals surface area contributed by atoms with Gasteiger partial charge in [0.15, 0.2) is 0 Å². The summed E-state index contributed by atoms with van der Waals surface area (Å²) < 4.78 is 0. The van der Waals surface area contributed by atoms with Crippen molar-refractivity contribution in [2.45, 2.75) is 113 Å². The molecule has 0 aromatic carbocycles. The zero-order valence-corrected chi connectivity index (χ0v) is 28.5. The van der Waals surface area contributed by atoms with E-state index in [1.807, 2.05) is 0 Å². The molecule has 0 amide bonds. The summed E-state index contributed by atoms with van der Waals surface area (Å²) in [6, 6.07) is 0. The molecular formula is C35H78N6. The average molecular weight is 583 g/mol. The van der Waals surface area contributed by atoms with Crippen molar-refractivity contribution in [3.8, 4) is 0 Å². The highest BCUT2D eigenvalue weighted by molar-refractivity contribution is 4.67. The Morgan fingerprint density at radius 2 is 0.488 bits per heavy atom. The second-order valence-electron chi connectivity index (χ2n) is 12.4. The van der Waals surface area contributed by atoms with Crippen molar-refractivity contribution in [2.75, 3.05) is 118 Å². The van der Waals surface area contributed by atoms with Crippen LogP contribution in [0.15, 0.2) is 0 Å². The van der Waals surface area contributed by atoms with Crippen LogP contribution in [0, 0.1) is 0 Å². The fourth-order valence-electron chi connectivity index (χ4n) is 6.09. The third-order valence-corrected chi connectivity index (χ3v) is 9.38. The molecule has 0 radical (unpaired) electrons. The van der Waals surface area contributed by atoms with Gasteiger partial charge < -0.3 is 29.4 Å². The van der Waals surface area contributed by atoms with Crippen LogP contribution in [0.5, 0.6) is 0 Å². The van der Waals surface area contributed by atoms with E-state index in [2.05, 4.69) is 71.1 Å².